The number of phosphoric ester groups is 1. The van der Waals surface area contributed by atoms with E-state index in [0.29, 0.717) is 13.0 Å². The van der Waals surface area contributed by atoms with Crippen LogP contribution in [0.2, 0.25) is 0 Å². The van der Waals surface area contributed by atoms with Crippen molar-refractivity contribution in [3.05, 3.63) is 12.2 Å². The first kappa shape index (κ1) is 63.1. The first-order valence-electron chi connectivity index (χ1n) is 27.5. The summed E-state index contributed by atoms with van der Waals surface area (Å²) in [5.74, 6) is -0.472. The summed E-state index contributed by atoms with van der Waals surface area (Å²) >= 11 is 0. The van der Waals surface area contributed by atoms with Gasteiger partial charge in [0.05, 0.1) is 13.2 Å². The minimum absolute atomic E-state index is 0.0749. The van der Waals surface area contributed by atoms with Gasteiger partial charge in [-0.2, -0.15) is 0 Å². The zero-order chi connectivity index (χ0) is 48.4. The average Bonchev–Trinajstić information content (AvgIpc) is 3.30. The molecule has 6 unspecified atom stereocenters. The maximum absolute atomic E-state index is 12.9. The van der Waals surface area contributed by atoms with Gasteiger partial charge in [-0.25, -0.2) is 4.57 Å². The van der Waals surface area contributed by atoms with Gasteiger partial charge in [-0.05, 0) is 38.5 Å². The third kappa shape index (κ3) is 35.2. The van der Waals surface area contributed by atoms with Crippen molar-refractivity contribution in [3.8, 4) is 0 Å². The third-order valence-corrected chi connectivity index (χ3v) is 14.1. The fourth-order valence-electron chi connectivity index (χ4n) is 8.77. The van der Waals surface area contributed by atoms with Gasteiger partial charge < -0.3 is 39.9 Å². The molecule has 0 spiro atoms. The van der Waals surface area contributed by atoms with E-state index in [-0.39, 0.29) is 13.0 Å². The van der Waals surface area contributed by atoms with Crippen molar-refractivity contribution in [2.45, 2.75) is 301 Å². The van der Waals surface area contributed by atoms with Crippen LogP contribution in [0.25, 0.3) is 0 Å². The molecule has 0 aromatic carbocycles. The molecule has 6 N–H and O–H groups in total. The summed E-state index contributed by atoms with van der Waals surface area (Å²) in [4.78, 5) is 23.3. The number of rotatable bonds is 48. The molecule has 66 heavy (non-hydrogen) atoms. The number of unbranched alkanes of at least 4 members (excludes halogenated alkanes) is 34. The number of aliphatic hydroxyl groups is 5. The molecular weight excluding hydrogens is 860 g/mol. The van der Waals surface area contributed by atoms with Crippen LogP contribution in [0.1, 0.15) is 258 Å². The fourth-order valence-corrected chi connectivity index (χ4v) is 9.74. The molecule has 0 amide bonds. The number of esters is 1. The highest BCUT2D eigenvalue weighted by Crippen LogP contribution is 2.47. The van der Waals surface area contributed by atoms with Gasteiger partial charge in [0, 0.05) is 13.0 Å². The fraction of sp³-hybridized carbons (Fsp3) is 0.943. The van der Waals surface area contributed by atoms with Crippen LogP contribution in [0.4, 0.5) is 0 Å². The molecule has 0 aromatic heterocycles. The van der Waals surface area contributed by atoms with Crippen LogP contribution in [0.3, 0.4) is 0 Å². The molecule has 392 valence electrons. The predicted octanol–water partition coefficient (Wildman–Crippen LogP) is 12.7. The van der Waals surface area contributed by atoms with Gasteiger partial charge in [0.25, 0.3) is 0 Å². The van der Waals surface area contributed by atoms with E-state index in [2.05, 4.69) is 26.0 Å². The minimum Gasteiger partial charge on any atom is -0.457 e. The Hall–Kier alpha value is -0.920. The van der Waals surface area contributed by atoms with Crippen LogP contribution in [-0.4, -0.2) is 98.9 Å². The Balaban J connectivity index is 2.28. The zero-order valence-electron chi connectivity index (χ0n) is 42.3. The largest absolute Gasteiger partial charge is 0.472 e. The van der Waals surface area contributed by atoms with E-state index in [4.69, 9.17) is 18.5 Å². The van der Waals surface area contributed by atoms with Gasteiger partial charge in [0.1, 0.15) is 42.7 Å². The number of ether oxygens (including phenoxy) is 2. The number of hydrogen-bond donors (Lipinski definition) is 6. The molecular formula is C53H103O12P. The molecule has 12 nitrogen and oxygen atoms in total. The molecule has 1 aliphatic carbocycles. The number of hydrogen-bond acceptors (Lipinski definition) is 11. The number of allylic oxidation sites excluding steroid dienone is 2. The second-order valence-corrected chi connectivity index (χ2v) is 20.8. The van der Waals surface area contributed by atoms with E-state index in [1.165, 1.54) is 180 Å². The highest BCUT2D eigenvalue weighted by Gasteiger charge is 2.51. The Kier molecular flexibility index (Phi) is 42.1. The molecule has 1 rings (SSSR count). The summed E-state index contributed by atoms with van der Waals surface area (Å²) < 4.78 is 34.3. The maximum atomic E-state index is 12.9. The summed E-state index contributed by atoms with van der Waals surface area (Å²) in [6.07, 6.45) is 38.5. The lowest BCUT2D eigenvalue weighted by Crippen LogP contribution is -2.64. The average molecular weight is 963 g/mol. The highest BCUT2D eigenvalue weighted by atomic mass is 31.2. The second kappa shape index (κ2) is 44.1. The van der Waals surface area contributed by atoms with E-state index in [1.807, 2.05) is 0 Å². The molecule has 0 radical (unpaired) electrons. The Morgan fingerprint density at radius 1 is 0.470 bits per heavy atom. The molecule has 0 aromatic rings. The van der Waals surface area contributed by atoms with Crippen LogP contribution >= 0.6 is 7.82 Å². The van der Waals surface area contributed by atoms with Crippen molar-refractivity contribution < 1.29 is 58.3 Å². The summed E-state index contributed by atoms with van der Waals surface area (Å²) in [5, 5.41) is 50.3. The molecule has 0 aliphatic heterocycles. The predicted molar refractivity (Wildman–Crippen MR) is 267 cm³/mol. The molecule has 13 heteroatoms. The molecule has 1 aliphatic rings. The first-order chi connectivity index (χ1) is 32.0. The lowest BCUT2D eigenvalue weighted by atomic mass is 9.85. The SMILES string of the molecule is CCCCCCCC/C=C\CCCCCCCCOCC(COP(=O)(O)OC1C(O)C(O)C(O)C(O)C1O)OC(=O)CCCCCCCCCCCCCCCCCCCCCCCCC. The molecule has 0 heterocycles. The molecule has 1 saturated carbocycles. The van der Waals surface area contributed by atoms with Crippen molar-refractivity contribution >= 4 is 13.8 Å². The summed E-state index contributed by atoms with van der Waals surface area (Å²) in [6.45, 7) is 4.30. The first-order valence-corrected chi connectivity index (χ1v) is 29.0. The van der Waals surface area contributed by atoms with Gasteiger partial charge in [-0.3, -0.25) is 13.8 Å². The smallest absolute Gasteiger partial charge is 0.457 e. The van der Waals surface area contributed by atoms with Gasteiger partial charge in [-0.15, -0.1) is 0 Å². The summed E-state index contributed by atoms with van der Waals surface area (Å²) in [6, 6.07) is 0. The van der Waals surface area contributed by atoms with Crippen molar-refractivity contribution in [2.75, 3.05) is 19.8 Å². The third-order valence-electron chi connectivity index (χ3n) is 13.1. The number of carbonyl (C=O) groups excluding carboxylic acids is 1. The molecule has 1 fully saturated rings. The van der Waals surface area contributed by atoms with Crippen molar-refractivity contribution in [3.63, 3.8) is 0 Å². The Bertz CT molecular complexity index is 1140. The van der Waals surface area contributed by atoms with Crippen LogP contribution in [-0.2, 0) is 27.9 Å². The number of carbonyl (C=O) groups is 1. The minimum atomic E-state index is -5.02. The summed E-state index contributed by atoms with van der Waals surface area (Å²) in [5.41, 5.74) is 0. The molecule has 0 bridgehead atoms. The topological polar surface area (TPSA) is 192 Å². The lowest BCUT2D eigenvalue weighted by molar-refractivity contribution is -0.220. The normalized spacial score (nSPS) is 21.4. The quantitative estimate of drug-likeness (QED) is 0.0147. The van der Waals surface area contributed by atoms with Gasteiger partial charge >= 0.3 is 13.8 Å². The zero-order valence-corrected chi connectivity index (χ0v) is 43.2. The van der Waals surface area contributed by atoms with Crippen LogP contribution in [0, 0.1) is 0 Å². The van der Waals surface area contributed by atoms with Crippen LogP contribution in [0.15, 0.2) is 12.2 Å². The Labute approximate surface area is 403 Å². The monoisotopic (exact) mass is 963 g/mol. The highest BCUT2D eigenvalue weighted by molar-refractivity contribution is 7.47. The van der Waals surface area contributed by atoms with Crippen LogP contribution < -0.4 is 0 Å². The second-order valence-electron chi connectivity index (χ2n) is 19.4. The van der Waals surface area contributed by atoms with Crippen molar-refractivity contribution in [2.24, 2.45) is 0 Å². The van der Waals surface area contributed by atoms with E-state index in [1.54, 1.807) is 0 Å². The standard InChI is InChI=1S/C53H103O12P/c1-3-5-7-9-11-13-15-17-19-21-22-23-24-25-26-27-28-30-32-34-36-38-40-42-47(54)64-46(45-63-66(60,61)65-53-51(58)49(56)48(55)50(57)52(53)59)44-62-43-41-39-37-35-33-31-29-20-18-16-14-12-10-8-6-4-2/h18,20,46,48-53,55-59H,3-17,19,21-45H2,1-2H3,(H,60,61)/b20-18-. The van der Waals surface area contributed by atoms with E-state index in [9.17, 15) is 39.8 Å². The van der Waals surface area contributed by atoms with Gasteiger partial charge in [0.15, 0.2) is 0 Å². The Morgan fingerprint density at radius 2 is 0.803 bits per heavy atom. The number of aliphatic hydroxyl groups excluding tert-OH is 5. The van der Waals surface area contributed by atoms with Gasteiger partial charge in [-0.1, -0.05) is 225 Å². The van der Waals surface area contributed by atoms with E-state index in [0.717, 1.165) is 51.4 Å². The van der Waals surface area contributed by atoms with Crippen LogP contribution in [0.5, 0.6) is 0 Å². The lowest BCUT2D eigenvalue weighted by Gasteiger charge is -2.41. The number of phosphoric acid groups is 1. The molecule has 6 atom stereocenters. The molecule has 0 saturated heterocycles. The van der Waals surface area contributed by atoms with Crippen molar-refractivity contribution in [1.29, 1.82) is 0 Å². The Morgan fingerprint density at radius 3 is 1.20 bits per heavy atom. The summed E-state index contributed by atoms with van der Waals surface area (Å²) in [7, 11) is -5.02. The van der Waals surface area contributed by atoms with E-state index < -0.39 is 63.1 Å². The van der Waals surface area contributed by atoms with Crippen molar-refractivity contribution in [1.82, 2.24) is 0 Å². The maximum Gasteiger partial charge on any atom is 0.472 e. The van der Waals surface area contributed by atoms with E-state index >= 15 is 0 Å². The van der Waals surface area contributed by atoms with Gasteiger partial charge in [0.2, 0.25) is 0 Å².